The monoisotopic (exact) mass is 356 g/mol. The van der Waals surface area contributed by atoms with Crippen molar-refractivity contribution in [1.29, 1.82) is 0 Å². The highest BCUT2D eigenvalue weighted by atomic mass is 16.5. The SMILES string of the molecule is COc1ccc(CC(C)(O)CNC(=O)C(=O)Nc2ccccc2C)cc1. The van der Waals surface area contributed by atoms with Crippen LogP contribution in [0.1, 0.15) is 18.1 Å². The second-order valence-electron chi connectivity index (χ2n) is 6.47. The number of amides is 2. The van der Waals surface area contributed by atoms with Gasteiger partial charge in [0.1, 0.15) is 5.75 Å². The standard InChI is InChI=1S/C20H24N2O4/c1-14-6-4-5-7-17(14)22-19(24)18(23)21-13-20(2,25)12-15-8-10-16(26-3)11-9-15/h4-11,25H,12-13H2,1-3H3,(H,21,23)(H,22,24). The van der Waals surface area contributed by atoms with Gasteiger partial charge in [0.25, 0.3) is 0 Å². The summed E-state index contributed by atoms with van der Waals surface area (Å²) >= 11 is 0. The lowest BCUT2D eigenvalue weighted by Gasteiger charge is -2.23. The van der Waals surface area contributed by atoms with Crippen LogP contribution in [-0.4, -0.2) is 36.2 Å². The van der Waals surface area contributed by atoms with E-state index in [2.05, 4.69) is 10.6 Å². The average Bonchev–Trinajstić information content (AvgIpc) is 2.62. The number of aliphatic hydroxyl groups is 1. The lowest BCUT2D eigenvalue weighted by atomic mass is 9.96. The van der Waals surface area contributed by atoms with Gasteiger partial charge in [-0.1, -0.05) is 30.3 Å². The minimum atomic E-state index is -1.19. The normalized spacial score (nSPS) is 12.8. The third-order valence-corrected chi connectivity index (χ3v) is 3.97. The quantitative estimate of drug-likeness (QED) is 0.691. The van der Waals surface area contributed by atoms with E-state index in [1.165, 1.54) is 0 Å². The van der Waals surface area contributed by atoms with Gasteiger partial charge in [0, 0.05) is 18.7 Å². The Labute approximate surface area is 153 Å². The Hall–Kier alpha value is -2.86. The molecule has 0 aliphatic carbocycles. The third kappa shape index (κ3) is 5.60. The molecular formula is C20H24N2O4. The van der Waals surface area contributed by atoms with E-state index in [0.29, 0.717) is 12.1 Å². The molecule has 2 amide bonds. The van der Waals surface area contributed by atoms with Gasteiger partial charge in [-0.2, -0.15) is 0 Å². The zero-order chi connectivity index (χ0) is 19.2. The lowest BCUT2D eigenvalue weighted by molar-refractivity contribution is -0.136. The second kappa shape index (κ2) is 8.49. The van der Waals surface area contributed by atoms with Crippen molar-refractivity contribution in [3.05, 3.63) is 59.7 Å². The fourth-order valence-corrected chi connectivity index (χ4v) is 2.49. The molecule has 1 unspecified atom stereocenters. The molecule has 0 radical (unpaired) electrons. The molecule has 0 aromatic heterocycles. The molecule has 138 valence electrons. The molecule has 0 bridgehead atoms. The van der Waals surface area contributed by atoms with Gasteiger partial charge in [-0.3, -0.25) is 9.59 Å². The molecule has 0 saturated carbocycles. The summed E-state index contributed by atoms with van der Waals surface area (Å²) in [5.74, 6) is -0.822. The van der Waals surface area contributed by atoms with Crippen LogP contribution in [0.25, 0.3) is 0 Å². The number of aryl methyl sites for hydroxylation is 1. The van der Waals surface area contributed by atoms with Crippen LogP contribution >= 0.6 is 0 Å². The minimum absolute atomic E-state index is 0.0426. The Morgan fingerprint density at radius 1 is 1.08 bits per heavy atom. The Balaban J connectivity index is 1.88. The molecule has 0 heterocycles. The van der Waals surface area contributed by atoms with Crippen molar-refractivity contribution in [2.45, 2.75) is 25.9 Å². The number of nitrogens with one attached hydrogen (secondary N) is 2. The molecule has 0 fully saturated rings. The fraction of sp³-hybridized carbons (Fsp3) is 0.300. The van der Waals surface area contributed by atoms with Gasteiger partial charge < -0.3 is 20.5 Å². The maximum absolute atomic E-state index is 12.0. The highest BCUT2D eigenvalue weighted by molar-refractivity contribution is 6.39. The predicted molar refractivity (Wildman–Crippen MR) is 100 cm³/mol. The number of rotatable bonds is 6. The summed E-state index contributed by atoms with van der Waals surface area (Å²) in [6.07, 6.45) is 0.330. The molecule has 6 nitrogen and oxygen atoms in total. The number of methoxy groups -OCH3 is 1. The third-order valence-electron chi connectivity index (χ3n) is 3.97. The molecule has 0 aliphatic heterocycles. The molecule has 0 spiro atoms. The highest BCUT2D eigenvalue weighted by Gasteiger charge is 2.24. The molecule has 0 aliphatic rings. The Morgan fingerprint density at radius 3 is 2.35 bits per heavy atom. The van der Waals surface area contributed by atoms with Crippen molar-refractivity contribution in [3.63, 3.8) is 0 Å². The van der Waals surface area contributed by atoms with E-state index in [-0.39, 0.29) is 6.54 Å². The van der Waals surface area contributed by atoms with Crippen LogP contribution in [-0.2, 0) is 16.0 Å². The summed E-state index contributed by atoms with van der Waals surface area (Å²) in [5, 5.41) is 15.5. The predicted octanol–water partition coefficient (Wildman–Crippen LogP) is 2.05. The number of para-hydroxylation sites is 1. The summed E-state index contributed by atoms with van der Waals surface area (Å²) in [5.41, 5.74) is 1.15. The number of carbonyl (C=O) groups excluding carboxylic acids is 2. The Kier molecular flexibility index (Phi) is 6.36. The van der Waals surface area contributed by atoms with Crippen LogP contribution < -0.4 is 15.4 Å². The van der Waals surface area contributed by atoms with E-state index < -0.39 is 17.4 Å². The maximum atomic E-state index is 12.0. The first-order valence-electron chi connectivity index (χ1n) is 8.31. The van der Waals surface area contributed by atoms with Gasteiger partial charge in [-0.05, 0) is 43.2 Å². The minimum Gasteiger partial charge on any atom is -0.497 e. The van der Waals surface area contributed by atoms with Gasteiger partial charge in [0.15, 0.2) is 0 Å². The molecule has 26 heavy (non-hydrogen) atoms. The zero-order valence-electron chi connectivity index (χ0n) is 15.2. The van der Waals surface area contributed by atoms with E-state index in [0.717, 1.165) is 16.9 Å². The number of ether oxygens (including phenoxy) is 1. The van der Waals surface area contributed by atoms with Gasteiger partial charge >= 0.3 is 11.8 Å². The average molecular weight is 356 g/mol. The molecule has 2 aromatic rings. The molecular weight excluding hydrogens is 332 g/mol. The summed E-state index contributed by atoms with van der Waals surface area (Å²) < 4.78 is 5.10. The topological polar surface area (TPSA) is 87.7 Å². The van der Waals surface area contributed by atoms with Crippen molar-refractivity contribution in [3.8, 4) is 5.75 Å². The van der Waals surface area contributed by atoms with Crippen molar-refractivity contribution in [2.75, 3.05) is 19.0 Å². The molecule has 2 aromatic carbocycles. The van der Waals surface area contributed by atoms with Gasteiger partial charge in [0.05, 0.1) is 12.7 Å². The Bertz CT molecular complexity index is 770. The first-order valence-corrected chi connectivity index (χ1v) is 8.31. The smallest absolute Gasteiger partial charge is 0.313 e. The summed E-state index contributed by atoms with van der Waals surface area (Å²) in [7, 11) is 1.59. The summed E-state index contributed by atoms with van der Waals surface area (Å²) in [4.78, 5) is 24.0. The lowest BCUT2D eigenvalue weighted by Crippen LogP contribution is -2.45. The first kappa shape index (κ1) is 19.5. The van der Waals surface area contributed by atoms with Crippen molar-refractivity contribution in [2.24, 2.45) is 0 Å². The second-order valence-corrected chi connectivity index (χ2v) is 6.47. The molecule has 1 atom stereocenters. The first-order chi connectivity index (χ1) is 12.3. The molecule has 2 rings (SSSR count). The van der Waals surface area contributed by atoms with E-state index in [1.807, 2.05) is 31.2 Å². The van der Waals surface area contributed by atoms with Crippen molar-refractivity contribution < 1.29 is 19.4 Å². The molecule has 6 heteroatoms. The molecule has 3 N–H and O–H groups in total. The number of benzene rings is 2. The van der Waals surface area contributed by atoms with E-state index in [9.17, 15) is 14.7 Å². The van der Waals surface area contributed by atoms with Gasteiger partial charge in [-0.15, -0.1) is 0 Å². The van der Waals surface area contributed by atoms with Crippen molar-refractivity contribution >= 4 is 17.5 Å². The van der Waals surface area contributed by atoms with E-state index in [4.69, 9.17) is 4.74 Å². The van der Waals surface area contributed by atoms with Gasteiger partial charge in [0.2, 0.25) is 0 Å². The van der Waals surface area contributed by atoms with Crippen LogP contribution in [0.15, 0.2) is 48.5 Å². The maximum Gasteiger partial charge on any atom is 0.313 e. The number of carbonyl (C=O) groups is 2. The zero-order valence-corrected chi connectivity index (χ0v) is 15.2. The summed E-state index contributed by atoms with van der Waals surface area (Å²) in [6, 6.07) is 14.5. The highest BCUT2D eigenvalue weighted by Crippen LogP contribution is 2.17. The van der Waals surface area contributed by atoms with Crippen LogP contribution in [0, 0.1) is 6.92 Å². The molecule has 0 saturated heterocycles. The van der Waals surface area contributed by atoms with Crippen LogP contribution in [0.2, 0.25) is 0 Å². The summed E-state index contributed by atoms with van der Waals surface area (Å²) in [6.45, 7) is 3.41. The van der Waals surface area contributed by atoms with Crippen LogP contribution in [0.3, 0.4) is 0 Å². The number of hydrogen-bond acceptors (Lipinski definition) is 4. The van der Waals surface area contributed by atoms with Gasteiger partial charge in [-0.25, -0.2) is 0 Å². The van der Waals surface area contributed by atoms with Crippen LogP contribution in [0.4, 0.5) is 5.69 Å². The van der Waals surface area contributed by atoms with Crippen LogP contribution in [0.5, 0.6) is 5.75 Å². The van der Waals surface area contributed by atoms with Crippen molar-refractivity contribution in [1.82, 2.24) is 5.32 Å². The Morgan fingerprint density at radius 2 is 1.73 bits per heavy atom. The largest absolute Gasteiger partial charge is 0.497 e. The van der Waals surface area contributed by atoms with E-state index in [1.54, 1.807) is 38.3 Å². The van der Waals surface area contributed by atoms with E-state index >= 15 is 0 Å². The fourth-order valence-electron chi connectivity index (χ4n) is 2.49. The number of hydrogen-bond donors (Lipinski definition) is 3. The number of anilines is 1.